The molecule has 114 valence electrons. The van der Waals surface area contributed by atoms with Gasteiger partial charge in [-0.15, -0.1) is 0 Å². The van der Waals surface area contributed by atoms with E-state index in [1.807, 2.05) is 12.1 Å². The van der Waals surface area contributed by atoms with E-state index in [0.717, 1.165) is 36.4 Å². The second-order valence-corrected chi connectivity index (χ2v) is 7.86. The first-order valence-electron chi connectivity index (χ1n) is 7.35. The second-order valence-electron chi connectivity index (χ2n) is 5.63. The molecule has 21 heavy (non-hydrogen) atoms. The zero-order valence-electron chi connectivity index (χ0n) is 12.1. The Hall–Kier alpha value is -1.63. The molecule has 0 saturated carbocycles. The van der Waals surface area contributed by atoms with E-state index in [4.69, 9.17) is 0 Å². The van der Waals surface area contributed by atoms with Crippen LogP contribution < -0.4 is 5.32 Å². The van der Waals surface area contributed by atoms with Crippen LogP contribution in [0.4, 0.5) is 5.82 Å². The molecule has 1 aliphatic heterocycles. The van der Waals surface area contributed by atoms with E-state index in [1.165, 1.54) is 0 Å². The molecule has 3 heterocycles. The molecule has 6 nitrogen and oxygen atoms in total. The van der Waals surface area contributed by atoms with Gasteiger partial charge in [0.1, 0.15) is 5.82 Å². The number of sulfone groups is 1. The van der Waals surface area contributed by atoms with Crippen LogP contribution in [0.1, 0.15) is 25.5 Å². The third-order valence-corrected chi connectivity index (χ3v) is 5.65. The lowest BCUT2D eigenvalue weighted by Gasteiger charge is -2.13. The molecule has 0 radical (unpaired) electrons. The van der Waals surface area contributed by atoms with Crippen molar-refractivity contribution in [2.24, 2.45) is 5.92 Å². The van der Waals surface area contributed by atoms with Gasteiger partial charge in [0, 0.05) is 24.4 Å². The van der Waals surface area contributed by atoms with E-state index in [1.54, 1.807) is 10.7 Å². The van der Waals surface area contributed by atoms with Crippen LogP contribution in [0, 0.1) is 5.92 Å². The van der Waals surface area contributed by atoms with Crippen LogP contribution in [0.15, 0.2) is 18.3 Å². The Labute approximate surface area is 124 Å². The van der Waals surface area contributed by atoms with Crippen LogP contribution in [0.2, 0.25) is 0 Å². The quantitative estimate of drug-likeness (QED) is 0.906. The van der Waals surface area contributed by atoms with Gasteiger partial charge >= 0.3 is 0 Å². The number of nitrogens with one attached hydrogen (secondary N) is 1. The minimum Gasteiger partial charge on any atom is -0.370 e. The minimum absolute atomic E-state index is 0.184. The fourth-order valence-electron chi connectivity index (χ4n) is 2.76. The molecule has 0 unspecified atom stereocenters. The maximum absolute atomic E-state index is 11.5. The molecule has 0 aliphatic carbocycles. The molecular weight excluding hydrogens is 288 g/mol. The zero-order chi connectivity index (χ0) is 14.9. The number of rotatable bonds is 5. The summed E-state index contributed by atoms with van der Waals surface area (Å²) >= 11 is 0. The first kappa shape index (κ1) is 14.3. The average Bonchev–Trinajstić information content (AvgIpc) is 3.02. The SMILES string of the molecule is CCCc1cc(NC[C@H]2CCS(=O)(=O)C2)n2nccc2n1. The van der Waals surface area contributed by atoms with Crippen molar-refractivity contribution >= 4 is 21.3 Å². The summed E-state index contributed by atoms with van der Waals surface area (Å²) in [6.45, 7) is 2.78. The number of anilines is 1. The molecule has 1 saturated heterocycles. The first-order chi connectivity index (χ1) is 10.1. The van der Waals surface area contributed by atoms with E-state index in [9.17, 15) is 8.42 Å². The van der Waals surface area contributed by atoms with E-state index < -0.39 is 9.84 Å². The van der Waals surface area contributed by atoms with Gasteiger partial charge in [0.15, 0.2) is 15.5 Å². The lowest BCUT2D eigenvalue weighted by atomic mass is 10.1. The summed E-state index contributed by atoms with van der Waals surface area (Å²) in [5.74, 6) is 1.67. The molecule has 1 fully saturated rings. The molecule has 1 aliphatic rings. The highest BCUT2D eigenvalue weighted by Crippen LogP contribution is 2.20. The van der Waals surface area contributed by atoms with Crippen molar-refractivity contribution in [2.45, 2.75) is 26.2 Å². The van der Waals surface area contributed by atoms with Crippen LogP contribution in [0.5, 0.6) is 0 Å². The number of hydrogen-bond acceptors (Lipinski definition) is 5. The van der Waals surface area contributed by atoms with E-state index in [0.29, 0.717) is 12.3 Å². The van der Waals surface area contributed by atoms with E-state index in [2.05, 4.69) is 22.3 Å². The Morgan fingerprint density at radius 1 is 1.48 bits per heavy atom. The molecule has 0 aromatic carbocycles. The van der Waals surface area contributed by atoms with Crippen molar-refractivity contribution in [3.05, 3.63) is 24.0 Å². The largest absolute Gasteiger partial charge is 0.370 e. The van der Waals surface area contributed by atoms with Crippen molar-refractivity contribution in [3.8, 4) is 0 Å². The van der Waals surface area contributed by atoms with Crippen molar-refractivity contribution in [2.75, 3.05) is 23.4 Å². The van der Waals surface area contributed by atoms with Gasteiger partial charge in [0.25, 0.3) is 0 Å². The molecule has 1 atom stereocenters. The summed E-state index contributed by atoms with van der Waals surface area (Å²) in [4.78, 5) is 4.55. The molecular formula is C14H20N4O2S. The van der Waals surface area contributed by atoms with Crippen LogP contribution in [-0.4, -0.2) is 41.1 Å². The molecule has 0 amide bonds. The first-order valence-corrected chi connectivity index (χ1v) is 9.17. The van der Waals surface area contributed by atoms with Gasteiger partial charge in [-0.3, -0.25) is 0 Å². The highest BCUT2D eigenvalue weighted by Gasteiger charge is 2.27. The van der Waals surface area contributed by atoms with E-state index >= 15 is 0 Å². The molecule has 2 aromatic heterocycles. The Bertz CT molecular complexity index is 739. The average molecular weight is 308 g/mol. The fourth-order valence-corrected chi connectivity index (χ4v) is 4.62. The van der Waals surface area contributed by atoms with E-state index in [-0.39, 0.29) is 11.7 Å². The predicted octanol–water partition coefficient (Wildman–Crippen LogP) is 1.53. The minimum atomic E-state index is -2.82. The molecule has 7 heteroatoms. The Morgan fingerprint density at radius 3 is 3.05 bits per heavy atom. The number of nitrogens with zero attached hydrogens (tertiary/aromatic N) is 3. The Kier molecular flexibility index (Phi) is 3.84. The standard InChI is InChI=1S/C14H20N4O2S/c1-2-3-12-8-14(18-13(17-12)4-6-16-18)15-9-11-5-7-21(19,20)10-11/h4,6,8,11,15H,2-3,5,7,9-10H2,1H3/t11-/m1/s1. The van der Waals surface area contributed by atoms with Gasteiger partial charge in [0.2, 0.25) is 0 Å². The molecule has 3 rings (SSSR count). The highest BCUT2D eigenvalue weighted by atomic mass is 32.2. The monoisotopic (exact) mass is 308 g/mol. The highest BCUT2D eigenvalue weighted by molar-refractivity contribution is 7.91. The third kappa shape index (κ3) is 3.18. The maximum Gasteiger partial charge on any atom is 0.157 e. The van der Waals surface area contributed by atoms with Gasteiger partial charge in [-0.05, 0) is 18.8 Å². The van der Waals surface area contributed by atoms with Gasteiger partial charge in [-0.25, -0.2) is 13.4 Å². The number of hydrogen-bond donors (Lipinski definition) is 1. The molecule has 0 spiro atoms. The van der Waals surface area contributed by atoms with Gasteiger partial charge in [-0.2, -0.15) is 9.61 Å². The predicted molar refractivity (Wildman–Crippen MR) is 82.2 cm³/mol. The maximum atomic E-state index is 11.5. The topological polar surface area (TPSA) is 76.4 Å². The van der Waals surface area contributed by atoms with Gasteiger partial charge in [0.05, 0.1) is 17.7 Å². The lowest BCUT2D eigenvalue weighted by Crippen LogP contribution is -2.17. The Balaban J connectivity index is 1.78. The summed E-state index contributed by atoms with van der Waals surface area (Å²) < 4.78 is 24.8. The smallest absolute Gasteiger partial charge is 0.157 e. The van der Waals surface area contributed by atoms with Crippen LogP contribution >= 0.6 is 0 Å². The zero-order valence-corrected chi connectivity index (χ0v) is 12.9. The third-order valence-electron chi connectivity index (χ3n) is 3.82. The van der Waals surface area contributed by atoms with Crippen LogP contribution in [0.3, 0.4) is 0 Å². The molecule has 0 bridgehead atoms. The second kappa shape index (κ2) is 5.63. The molecule has 1 N–H and O–H groups in total. The summed E-state index contributed by atoms with van der Waals surface area (Å²) in [5, 5.41) is 7.62. The summed E-state index contributed by atoms with van der Waals surface area (Å²) in [5.41, 5.74) is 1.86. The van der Waals surface area contributed by atoms with Gasteiger partial charge in [-0.1, -0.05) is 13.3 Å². The van der Waals surface area contributed by atoms with Crippen molar-refractivity contribution in [1.29, 1.82) is 0 Å². The number of aromatic nitrogens is 3. The van der Waals surface area contributed by atoms with Gasteiger partial charge < -0.3 is 5.32 Å². The number of aryl methyl sites for hydroxylation is 1. The van der Waals surface area contributed by atoms with Crippen molar-refractivity contribution < 1.29 is 8.42 Å². The summed E-state index contributed by atoms with van der Waals surface area (Å²) in [6, 6.07) is 3.89. The Morgan fingerprint density at radius 2 is 2.33 bits per heavy atom. The van der Waals surface area contributed by atoms with Crippen LogP contribution in [0.25, 0.3) is 5.65 Å². The van der Waals surface area contributed by atoms with Crippen molar-refractivity contribution in [3.63, 3.8) is 0 Å². The van der Waals surface area contributed by atoms with Crippen molar-refractivity contribution in [1.82, 2.24) is 14.6 Å². The fraction of sp³-hybridized carbons (Fsp3) is 0.571. The number of fused-ring (bicyclic) bond motifs is 1. The van der Waals surface area contributed by atoms with Crippen LogP contribution in [-0.2, 0) is 16.3 Å². The normalized spacial score (nSPS) is 20.9. The summed E-state index contributed by atoms with van der Waals surface area (Å²) in [7, 11) is -2.82. The molecule has 2 aromatic rings. The summed E-state index contributed by atoms with van der Waals surface area (Å²) in [6.07, 6.45) is 4.43. The lowest BCUT2D eigenvalue weighted by molar-refractivity contribution is 0.595.